The van der Waals surface area contributed by atoms with Gasteiger partial charge in [0.15, 0.2) is 0 Å². The van der Waals surface area contributed by atoms with Gasteiger partial charge in [-0.25, -0.2) is 4.98 Å². The van der Waals surface area contributed by atoms with Crippen molar-refractivity contribution in [1.82, 2.24) is 9.97 Å². The van der Waals surface area contributed by atoms with E-state index in [-0.39, 0.29) is 0 Å². The predicted molar refractivity (Wildman–Crippen MR) is 73.7 cm³/mol. The van der Waals surface area contributed by atoms with E-state index in [0.717, 1.165) is 21.9 Å². The molecule has 4 heteroatoms. The zero-order chi connectivity index (χ0) is 11.8. The van der Waals surface area contributed by atoms with Gasteiger partial charge in [-0.05, 0) is 13.0 Å². The monoisotopic (exact) mass is 262 g/mol. The molecule has 2 heterocycles. The number of thiazole rings is 1. The average molecular weight is 263 g/mol. The van der Waals surface area contributed by atoms with Crippen molar-refractivity contribution in [1.29, 1.82) is 0 Å². The molecule has 0 saturated heterocycles. The number of hydrogen-bond acceptors (Lipinski definition) is 2. The number of hydrogen-bond donors (Lipinski definition) is 1. The second-order valence-corrected chi connectivity index (χ2v) is 5.07. The number of nitrogens with one attached hydrogen (secondary N) is 1. The lowest BCUT2D eigenvalue weighted by molar-refractivity contribution is 1.22. The first kappa shape index (κ1) is 10.8. The number of para-hydroxylation sites is 1. The van der Waals surface area contributed by atoms with Crippen molar-refractivity contribution in [3.8, 4) is 10.6 Å². The number of rotatable bonds is 2. The number of aromatic nitrogens is 2. The molecule has 3 rings (SSSR count). The summed E-state index contributed by atoms with van der Waals surface area (Å²) < 4.78 is 0. The summed E-state index contributed by atoms with van der Waals surface area (Å²) in [6.45, 7) is 2.08. The van der Waals surface area contributed by atoms with Crippen LogP contribution >= 0.6 is 22.9 Å². The molecule has 0 fully saturated rings. The fourth-order valence-corrected chi connectivity index (χ4v) is 3.20. The zero-order valence-electron chi connectivity index (χ0n) is 9.33. The fraction of sp³-hybridized carbons (Fsp3) is 0.154. The predicted octanol–water partition coefficient (Wildman–Crippen LogP) is 4.34. The highest BCUT2D eigenvalue weighted by molar-refractivity contribution is 7.13. The Kier molecular flexibility index (Phi) is 2.65. The van der Waals surface area contributed by atoms with E-state index in [1.165, 1.54) is 10.9 Å². The molecule has 3 aromatic rings. The second kappa shape index (κ2) is 4.17. The summed E-state index contributed by atoms with van der Waals surface area (Å²) in [6, 6.07) is 8.29. The molecule has 86 valence electrons. The van der Waals surface area contributed by atoms with E-state index in [1.807, 2.05) is 11.4 Å². The van der Waals surface area contributed by atoms with Crippen molar-refractivity contribution in [3.63, 3.8) is 0 Å². The van der Waals surface area contributed by atoms with Crippen LogP contribution in [0.15, 0.2) is 29.6 Å². The van der Waals surface area contributed by atoms with Crippen LogP contribution in [-0.4, -0.2) is 9.97 Å². The molecule has 2 aromatic heterocycles. The lowest BCUT2D eigenvalue weighted by atomic mass is 10.1. The number of alkyl halides is 1. The van der Waals surface area contributed by atoms with Crippen LogP contribution in [0.1, 0.15) is 11.4 Å². The van der Waals surface area contributed by atoms with Crippen LogP contribution in [-0.2, 0) is 5.88 Å². The minimum absolute atomic E-state index is 0.470. The van der Waals surface area contributed by atoms with Crippen LogP contribution in [0.4, 0.5) is 0 Å². The van der Waals surface area contributed by atoms with Gasteiger partial charge in [-0.15, -0.1) is 22.9 Å². The lowest BCUT2D eigenvalue weighted by Crippen LogP contribution is -1.80. The van der Waals surface area contributed by atoms with Gasteiger partial charge < -0.3 is 4.98 Å². The van der Waals surface area contributed by atoms with Gasteiger partial charge in [0.05, 0.1) is 11.6 Å². The Bertz CT molecular complexity index is 669. The topological polar surface area (TPSA) is 28.7 Å². The molecule has 0 amide bonds. The molecular weight excluding hydrogens is 252 g/mol. The first-order valence-corrected chi connectivity index (χ1v) is 6.79. The maximum Gasteiger partial charge on any atom is 0.126 e. The molecule has 0 aliphatic carbocycles. The smallest absolute Gasteiger partial charge is 0.126 e. The molecule has 0 atom stereocenters. The van der Waals surface area contributed by atoms with Gasteiger partial charge in [0.25, 0.3) is 0 Å². The first-order chi connectivity index (χ1) is 8.29. The van der Waals surface area contributed by atoms with Crippen molar-refractivity contribution < 1.29 is 0 Å². The summed E-state index contributed by atoms with van der Waals surface area (Å²) in [4.78, 5) is 7.94. The Morgan fingerprint density at radius 3 is 2.94 bits per heavy atom. The number of nitrogens with zero attached hydrogens (tertiary/aromatic N) is 1. The SMILES string of the molecule is Cc1[nH]c2ccccc2c1-c1nc(CCl)cs1. The molecule has 0 bridgehead atoms. The quantitative estimate of drug-likeness (QED) is 0.684. The van der Waals surface area contributed by atoms with Gasteiger partial charge in [-0.2, -0.15) is 0 Å². The van der Waals surface area contributed by atoms with Gasteiger partial charge in [0.2, 0.25) is 0 Å². The molecule has 0 spiro atoms. The van der Waals surface area contributed by atoms with Crippen LogP contribution in [0, 0.1) is 6.92 Å². The summed E-state index contributed by atoms with van der Waals surface area (Å²) in [7, 11) is 0. The number of aromatic amines is 1. The van der Waals surface area contributed by atoms with E-state index >= 15 is 0 Å². The first-order valence-electron chi connectivity index (χ1n) is 5.37. The highest BCUT2D eigenvalue weighted by Crippen LogP contribution is 2.34. The number of fused-ring (bicyclic) bond motifs is 1. The molecule has 17 heavy (non-hydrogen) atoms. The average Bonchev–Trinajstić information content (AvgIpc) is 2.91. The zero-order valence-corrected chi connectivity index (χ0v) is 10.9. The van der Waals surface area contributed by atoms with Crippen molar-refractivity contribution in [2.24, 2.45) is 0 Å². The Labute approximate surface area is 108 Å². The summed E-state index contributed by atoms with van der Waals surface area (Å²) in [5, 5.41) is 4.28. The summed E-state index contributed by atoms with van der Waals surface area (Å²) in [5.41, 5.74) is 4.45. The van der Waals surface area contributed by atoms with Crippen molar-refractivity contribution in [3.05, 3.63) is 41.0 Å². The van der Waals surface area contributed by atoms with E-state index in [2.05, 4.69) is 35.1 Å². The van der Waals surface area contributed by atoms with E-state index in [1.54, 1.807) is 11.3 Å². The van der Waals surface area contributed by atoms with Gasteiger partial charge in [-0.3, -0.25) is 0 Å². The second-order valence-electron chi connectivity index (χ2n) is 3.95. The maximum absolute atomic E-state index is 5.80. The Hall–Kier alpha value is -1.32. The minimum atomic E-state index is 0.470. The maximum atomic E-state index is 5.80. The number of H-pyrrole nitrogens is 1. The van der Waals surface area contributed by atoms with Crippen molar-refractivity contribution in [2.75, 3.05) is 0 Å². The highest BCUT2D eigenvalue weighted by atomic mass is 35.5. The molecule has 0 saturated carbocycles. The van der Waals surface area contributed by atoms with E-state index in [0.29, 0.717) is 5.88 Å². The van der Waals surface area contributed by atoms with Crippen LogP contribution < -0.4 is 0 Å². The van der Waals surface area contributed by atoms with E-state index in [9.17, 15) is 0 Å². The number of aryl methyl sites for hydroxylation is 1. The Balaban J connectivity index is 2.25. The molecule has 1 aromatic carbocycles. The van der Waals surface area contributed by atoms with Crippen LogP contribution in [0.3, 0.4) is 0 Å². The van der Waals surface area contributed by atoms with Crippen LogP contribution in [0.2, 0.25) is 0 Å². The van der Waals surface area contributed by atoms with E-state index < -0.39 is 0 Å². The molecule has 0 aliphatic rings. The summed E-state index contributed by atoms with van der Waals surface area (Å²) >= 11 is 7.44. The lowest BCUT2D eigenvalue weighted by Gasteiger charge is -1.95. The van der Waals surface area contributed by atoms with Gasteiger partial charge in [0.1, 0.15) is 5.01 Å². The van der Waals surface area contributed by atoms with Gasteiger partial charge in [0, 0.05) is 27.5 Å². The molecular formula is C13H11ClN2S. The van der Waals surface area contributed by atoms with Gasteiger partial charge >= 0.3 is 0 Å². The normalized spacial score (nSPS) is 11.2. The molecule has 0 radical (unpaired) electrons. The molecule has 0 aliphatic heterocycles. The number of halogens is 1. The Morgan fingerprint density at radius 1 is 1.35 bits per heavy atom. The third kappa shape index (κ3) is 1.75. The third-order valence-electron chi connectivity index (χ3n) is 2.80. The molecule has 1 N–H and O–H groups in total. The molecule has 2 nitrogen and oxygen atoms in total. The fourth-order valence-electron chi connectivity index (χ4n) is 2.04. The minimum Gasteiger partial charge on any atom is -0.358 e. The molecule has 0 unspecified atom stereocenters. The highest BCUT2D eigenvalue weighted by Gasteiger charge is 2.13. The largest absolute Gasteiger partial charge is 0.358 e. The van der Waals surface area contributed by atoms with Gasteiger partial charge in [-0.1, -0.05) is 18.2 Å². The summed E-state index contributed by atoms with van der Waals surface area (Å²) in [5.74, 6) is 0.470. The Morgan fingerprint density at radius 2 is 2.18 bits per heavy atom. The standard InChI is InChI=1S/C13H11ClN2S/c1-8-12(13-16-9(6-14)7-17-13)10-4-2-3-5-11(10)15-8/h2-5,7,15H,6H2,1H3. The number of benzene rings is 1. The van der Waals surface area contributed by atoms with Crippen molar-refractivity contribution in [2.45, 2.75) is 12.8 Å². The summed E-state index contributed by atoms with van der Waals surface area (Å²) in [6.07, 6.45) is 0. The van der Waals surface area contributed by atoms with E-state index in [4.69, 9.17) is 11.6 Å². The van der Waals surface area contributed by atoms with Crippen LogP contribution in [0.25, 0.3) is 21.5 Å². The third-order valence-corrected chi connectivity index (χ3v) is 3.98. The van der Waals surface area contributed by atoms with Crippen LogP contribution in [0.5, 0.6) is 0 Å². The van der Waals surface area contributed by atoms with Crippen molar-refractivity contribution >= 4 is 33.8 Å².